The van der Waals surface area contributed by atoms with Crippen LogP contribution in [-0.4, -0.2) is 41.9 Å². The van der Waals surface area contributed by atoms with Crippen LogP contribution >= 0.6 is 0 Å². The Morgan fingerprint density at radius 3 is 2.58 bits per heavy atom. The molecule has 1 aromatic rings. The standard InChI is InChI=1S/C20H30FN3O2/c1-14(2)11-20(3,13-22)23-18(25)16-5-4-10-24(12-16)19(26)15-6-8-17(21)9-7-15/h6-9,14,16H,4-5,10-13,22H2,1-3H3,(H,23,25). The fourth-order valence-electron chi connectivity index (χ4n) is 3.64. The molecule has 144 valence electrons. The van der Waals surface area contributed by atoms with E-state index in [1.165, 1.54) is 24.3 Å². The maximum Gasteiger partial charge on any atom is 0.253 e. The number of amides is 2. The summed E-state index contributed by atoms with van der Waals surface area (Å²) in [7, 11) is 0. The van der Waals surface area contributed by atoms with Gasteiger partial charge in [-0.2, -0.15) is 0 Å². The predicted molar refractivity (Wildman–Crippen MR) is 100 cm³/mol. The molecule has 5 nitrogen and oxygen atoms in total. The van der Waals surface area contributed by atoms with E-state index in [2.05, 4.69) is 19.2 Å². The monoisotopic (exact) mass is 363 g/mol. The Hall–Kier alpha value is -1.95. The van der Waals surface area contributed by atoms with Crippen LogP contribution in [0.2, 0.25) is 0 Å². The van der Waals surface area contributed by atoms with Crippen molar-refractivity contribution in [3.05, 3.63) is 35.6 Å². The third-order valence-electron chi connectivity index (χ3n) is 4.90. The number of piperidine rings is 1. The van der Waals surface area contributed by atoms with Gasteiger partial charge in [0.15, 0.2) is 0 Å². The lowest BCUT2D eigenvalue weighted by molar-refractivity contribution is -0.128. The second-order valence-electron chi connectivity index (χ2n) is 7.95. The largest absolute Gasteiger partial charge is 0.349 e. The number of likely N-dealkylation sites (tertiary alicyclic amines) is 1. The minimum Gasteiger partial charge on any atom is -0.349 e. The maximum atomic E-state index is 13.1. The Morgan fingerprint density at radius 1 is 1.35 bits per heavy atom. The van der Waals surface area contributed by atoms with Crippen LogP contribution in [0, 0.1) is 17.7 Å². The van der Waals surface area contributed by atoms with Gasteiger partial charge >= 0.3 is 0 Å². The highest BCUT2D eigenvalue weighted by Crippen LogP contribution is 2.22. The van der Waals surface area contributed by atoms with Gasteiger partial charge < -0.3 is 16.0 Å². The zero-order chi connectivity index (χ0) is 19.3. The lowest BCUT2D eigenvalue weighted by Gasteiger charge is -2.36. The summed E-state index contributed by atoms with van der Waals surface area (Å²) >= 11 is 0. The fourth-order valence-corrected chi connectivity index (χ4v) is 3.64. The number of rotatable bonds is 6. The summed E-state index contributed by atoms with van der Waals surface area (Å²) in [6, 6.07) is 5.52. The molecular weight excluding hydrogens is 333 g/mol. The first-order valence-electron chi connectivity index (χ1n) is 9.31. The molecular formula is C20H30FN3O2. The van der Waals surface area contributed by atoms with E-state index in [0.29, 0.717) is 31.1 Å². The van der Waals surface area contributed by atoms with E-state index in [0.717, 1.165) is 19.3 Å². The summed E-state index contributed by atoms with van der Waals surface area (Å²) in [5.74, 6) is -0.400. The second-order valence-corrected chi connectivity index (χ2v) is 7.95. The minimum atomic E-state index is -0.436. The number of benzene rings is 1. The van der Waals surface area contributed by atoms with E-state index in [1.54, 1.807) is 4.90 Å². The molecule has 3 N–H and O–H groups in total. The number of nitrogens with zero attached hydrogens (tertiary/aromatic N) is 1. The van der Waals surface area contributed by atoms with Crippen molar-refractivity contribution in [2.45, 2.75) is 45.6 Å². The topological polar surface area (TPSA) is 75.4 Å². The highest BCUT2D eigenvalue weighted by molar-refractivity contribution is 5.94. The molecule has 0 saturated carbocycles. The average molecular weight is 363 g/mol. The van der Waals surface area contributed by atoms with E-state index in [1.807, 2.05) is 6.92 Å². The average Bonchev–Trinajstić information content (AvgIpc) is 2.61. The van der Waals surface area contributed by atoms with E-state index in [-0.39, 0.29) is 23.5 Å². The summed E-state index contributed by atoms with van der Waals surface area (Å²) in [6.07, 6.45) is 2.33. The molecule has 1 aromatic carbocycles. The molecule has 1 aliphatic rings. The molecule has 1 aliphatic heterocycles. The number of nitrogens with one attached hydrogen (secondary N) is 1. The van der Waals surface area contributed by atoms with Crippen molar-refractivity contribution in [2.24, 2.45) is 17.6 Å². The van der Waals surface area contributed by atoms with E-state index < -0.39 is 5.54 Å². The molecule has 0 spiro atoms. The molecule has 0 aliphatic carbocycles. The van der Waals surface area contributed by atoms with Crippen molar-refractivity contribution in [3.63, 3.8) is 0 Å². The Balaban J connectivity index is 2.01. The Kier molecular flexibility index (Phi) is 6.75. The van der Waals surface area contributed by atoms with Crippen LogP contribution < -0.4 is 11.1 Å². The van der Waals surface area contributed by atoms with Crippen LogP contribution in [0.25, 0.3) is 0 Å². The van der Waals surface area contributed by atoms with Gasteiger partial charge in [0.1, 0.15) is 5.82 Å². The van der Waals surface area contributed by atoms with Crippen LogP contribution in [0.1, 0.15) is 50.4 Å². The summed E-state index contributed by atoms with van der Waals surface area (Å²) in [6.45, 7) is 7.54. The molecule has 1 heterocycles. The zero-order valence-electron chi connectivity index (χ0n) is 15.9. The number of hydrogen-bond donors (Lipinski definition) is 2. The van der Waals surface area contributed by atoms with Gasteiger partial charge in [-0.15, -0.1) is 0 Å². The van der Waals surface area contributed by atoms with Gasteiger partial charge in [-0.05, 0) is 56.4 Å². The Morgan fingerprint density at radius 2 is 2.00 bits per heavy atom. The molecule has 6 heteroatoms. The number of halogens is 1. The van der Waals surface area contributed by atoms with E-state index in [9.17, 15) is 14.0 Å². The van der Waals surface area contributed by atoms with Crippen molar-refractivity contribution in [1.29, 1.82) is 0 Å². The maximum absolute atomic E-state index is 13.1. The number of hydrogen-bond acceptors (Lipinski definition) is 3. The van der Waals surface area contributed by atoms with Gasteiger partial charge in [0, 0.05) is 30.7 Å². The van der Waals surface area contributed by atoms with Crippen LogP contribution in [0.4, 0.5) is 4.39 Å². The number of nitrogens with two attached hydrogens (primary N) is 1. The van der Waals surface area contributed by atoms with Crippen LogP contribution in [0.5, 0.6) is 0 Å². The Bertz CT molecular complexity index is 632. The van der Waals surface area contributed by atoms with Gasteiger partial charge in [0.05, 0.1) is 5.92 Å². The van der Waals surface area contributed by atoms with Crippen molar-refractivity contribution < 1.29 is 14.0 Å². The zero-order valence-corrected chi connectivity index (χ0v) is 15.9. The quantitative estimate of drug-likeness (QED) is 0.816. The normalized spacial score (nSPS) is 19.9. The first-order valence-corrected chi connectivity index (χ1v) is 9.31. The predicted octanol–water partition coefficient (Wildman–Crippen LogP) is 2.56. The Labute approximate surface area is 155 Å². The third-order valence-corrected chi connectivity index (χ3v) is 4.90. The van der Waals surface area contributed by atoms with Gasteiger partial charge in [-0.1, -0.05) is 13.8 Å². The molecule has 26 heavy (non-hydrogen) atoms. The minimum absolute atomic E-state index is 0.0461. The molecule has 0 aromatic heterocycles. The third kappa shape index (κ3) is 5.27. The highest BCUT2D eigenvalue weighted by Gasteiger charge is 2.33. The van der Waals surface area contributed by atoms with Crippen molar-refractivity contribution in [2.75, 3.05) is 19.6 Å². The van der Waals surface area contributed by atoms with E-state index in [4.69, 9.17) is 5.73 Å². The summed E-state index contributed by atoms with van der Waals surface area (Å²) < 4.78 is 13.1. The SMILES string of the molecule is CC(C)CC(C)(CN)NC(=O)C1CCCN(C(=O)c2ccc(F)cc2)C1. The molecule has 2 unspecified atom stereocenters. The highest BCUT2D eigenvalue weighted by atomic mass is 19.1. The van der Waals surface area contributed by atoms with Gasteiger partial charge in [-0.3, -0.25) is 9.59 Å². The lowest BCUT2D eigenvalue weighted by atomic mass is 9.89. The first-order chi connectivity index (χ1) is 12.2. The van der Waals surface area contributed by atoms with Crippen LogP contribution in [0.3, 0.4) is 0 Å². The summed E-state index contributed by atoms with van der Waals surface area (Å²) in [5, 5.41) is 3.10. The number of carbonyl (C=O) groups is 2. The molecule has 2 rings (SSSR count). The molecule has 1 saturated heterocycles. The molecule has 2 amide bonds. The van der Waals surface area contributed by atoms with E-state index >= 15 is 0 Å². The second kappa shape index (κ2) is 8.62. The first kappa shape index (κ1) is 20.4. The fraction of sp³-hybridized carbons (Fsp3) is 0.600. The molecule has 1 fully saturated rings. The number of carbonyl (C=O) groups excluding carboxylic acids is 2. The molecule has 0 radical (unpaired) electrons. The summed E-state index contributed by atoms with van der Waals surface area (Å²) in [5.41, 5.74) is 5.89. The van der Waals surface area contributed by atoms with Crippen molar-refractivity contribution >= 4 is 11.8 Å². The van der Waals surface area contributed by atoms with Crippen molar-refractivity contribution in [1.82, 2.24) is 10.2 Å². The van der Waals surface area contributed by atoms with Gasteiger partial charge in [0.2, 0.25) is 5.91 Å². The van der Waals surface area contributed by atoms with Crippen LogP contribution in [0.15, 0.2) is 24.3 Å². The van der Waals surface area contributed by atoms with Gasteiger partial charge in [-0.25, -0.2) is 4.39 Å². The summed E-state index contributed by atoms with van der Waals surface area (Å²) in [4.78, 5) is 27.1. The molecule has 0 bridgehead atoms. The van der Waals surface area contributed by atoms with Gasteiger partial charge in [0.25, 0.3) is 5.91 Å². The van der Waals surface area contributed by atoms with Crippen LogP contribution in [-0.2, 0) is 4.79 Å². The van der Waals surface area contributed by atoms with Crippen molar-refractivity contribution in [3.8, 4) is 0 Å². The lowest BCUT2D eigenvalue weighted by Crippen LogP contribution is -2.55. The molecule has 2 atom stereocenters. The smallest absolute Gasteiger partial charge is 0.253 e.